The second-order valence-corrected chi connectivity index (χ2v) is 4.98. The molecule has 1 aliphatic rings. The molecule has 106 valence electrons. The van der Waals surface area contributed by atoms with E-state index in [9.17, 15) is 9.90 Å². The van der Waals surface area contributed by atoms with Gasteiger partial charge >= 0.3 is 5.97 Å². The molecule has 0 aromatic rings. The predicted octanol–water partition coefficient (Wildman–Crippen LogP) is 1.41. The van der Waals surface area contributed by atoms with E-state index < -0.39 is 11.5 Å². The molecular weight excluding hydrogens is 234 g/mol. The van der Waals surface area contributed by atoms with Gasteiger partial charge in [0.1, 0.15) is 5.54 Å². The Morgan fingerprint density at radius 3 is 2.89 bits per heavy atom. The molecule has 18 heavy (non-hydrogen) atoms. The number of aliphatic carboxylic acids is 1. The van der Waals surface area contributed by atoms with E-state index in [2.05, 4.69) is 5.32 Å². The van der Waals surface area contributed by atoms with Crippen LogP contribution in [0.1, 0.15) is 39.5 Å². The Morgan fingerprint density at radius 2 is 2.33 bits per heavy atom. The highest BCUT2D eigenvalue weighted by atomic mass is 16.5. The number of unbranched alkanes of at least 4 members (excludes halogenated alkanes) is 1. The molecule has 1 fully saturated rings. The van der Waals surface area contributed by atoms with E-state index in [0.29, 0.717) is 26.2 Å². The first-order valence-corrected chi connectivity index (χ1v) is 6.76. The highest BCUT2D eigenvalue weighted by Crippen LogP contribution is 2.15. The zero-order valence-corrected chi connectivity index (χ0v) is 11.4. The Balaban J connectivity index is 2.12. The van der Waals surface area contributed by atoms with E-state index in [1.807, 2.05) is 6.92 Å². The van der Waals surface area contributed by atoms with Gasteiger partial charge in [0, 0.05) is 13.2 Å². The highest BCUT2D eigenvalue weighted by molar-refractivity contribution is 5.78. The third kappa shape index (κ3) is 4.92. The minimum absolute atomic E-state index is 0.240. The van der Waals surface area contributed by atoms with Crippen LogP contribution in [0.5, 0.6) is 0 Å². The third-order valence-corrected chi connectivity index (χ3v) is 3.35. The number of nitrogens with one attached hydrogen (secondary N) is 1. The fourth-order valence-corrected chi connectivity index (χ4v) is 2.14. The molecule has 2 unspecified atom stereocenters. The lowest BCUT2D eigenvalue weighted by atomic mass is 9.95. The number of ether oxygens (including phenoxy) is 2. The molecule has 1 heterocycles. The molecule has 1 aliphatic heterocycles. The van der Waals surface area contributed by atoms with Gasteiger partial charge in [-0.3, -0.25) is 4.79 Å². The molecule has 0 spiro atoms. The van der Waals surface area contributed by atoms with Crippen LogP contribution in [0.25, 0.3) is 0 Å². The largest absolute Gasteiger partial charge is 0.480 e. The summed E-state index contributed by atoms with van der Waals surface area (Å²) in [7, 11) is 0. The molecule has 0 aromatic carbocycles. The lowest BCUT2D eigenvalue weighted by molar-refractivity contribution is -0.144. The van der Waals surface area contributed by atoms with E-state index in [-0.39, 0.29) is 6.10 Å². The zero-order valence-electron chi connectivity index (χ0n) is 11.4. The molecule has 0 amide bonds. The van der Waals surface area contributed by atoms with E-state index in [1.165, 1.54) is 0 Å². The number of hydrogen-bond donors (Lipinski definition) is 2. The van der Waals surface area contributed by atoms with Crippen molar-refractivity contribution in [2.24, 2.45) is 0 Å². The lowest BCUT2D eigenvalue weighted by Crippen LogP contribution is -2.49. The molecule has 2 N–H and O–H groups in total. The van der Waals surface area contributed by atoms with Gasteiger partial charge in [0.05, 0.1) is 12.7 Å². The summed E-state index contributed by atoms with van der Waals surface area (Å²) in [6.45, 7) is 6.51. The Labute approximate surface area is 109 Å². The molecule has 1 saturated heterocycles. The van der Waals surface area contributed by atoms with E-state index in [4.69, 9.17) is 9.47 Å². The molecule has 1 rings (SSSR count). The zero-order chi connectivity index (χ0) is 13.4. The molecular formula is C13H25NO4. The van der Waals surface area contributed by atoms with Crippen molar-refractivity contribution < 1.29 is 19.4 Å². The summed E-state index contributed by atoms with van der Waals surface area (Å²) in [5, 5.41) is 12.2. The molecule has 0 saturated carbocycles. The Bertz CT molecular complexity index is 253. The van der Waals surface area contributed by atoms with Crippen LogP contribution < -0.4 is 5.32 Å². The Kier molecular flexibility index (Phi) is 6.60. The van der Waals surface area contributed by atoms with Crippen LogP contribution in [0.4, 0.5) is 0 Å². The summed E-state index contributed by atoms with van der Waals surface area (Å²) in [4.78, 5) is 11.2. The number of carboxylic acid groups (broad SMARTS) is 1. The lowest BCUT2D eigenvalue weighted by Gasteiger charge is -2.25. The van der Waals surface area contributed by atoms with Crippen LogP contribution >= 0.6 is 0 Å². The first kappa shape index (κ1) is 15.4. The standard InChI is InChI=1S/C13H25NO4/c1-3-14-13(2,12(15)16)7-4-5-8-18-11-6-9-17-10-11/h11,14H,3-10H2,1-2H3,(H,15,16). The molecule has 0 aliphatic carbocycles. The Morgan fingerprint density at radius 1 is 1.56 bits per heavy atom. The summed E-state index contributed by atoms with van der Waals surface area (Å²) < 4.78 is 10.9. The Hall–Kier alpha value is -0.650. The van der Waals surface area contributed by atoms with Crippen molar-refractivity contribution in [3.8, 4) is 0 Å². The van der Waals surface area contributed by atoms with Crippen molar-refractivity contribution in [1.29, 1.82) is 0 Å². The summed E-state index contributed by atoms with van der Waals surface area (Å²) in [6, 6.07) is 0. The average Bonchev–Trinajstić information content (AvgIpc) is 2.81. The number of carbonyl (C=O) groups is 1. The molecule has 0 aromatic heterocycles. The van der Waals surface area contributed by atoms with Gasteiger partial charge in [-0.2, -0.15) is 0 Å². The topological polar surface area (TPSA) is 67.8 Å². The number of rotatable bonds is 9. The maximum absolute atomic E-state index is 11.2. The average molecular weight is 259 g/mol. The van der Waals surface area contributed by atoms with Crippen molar-refractivity contribution in [2.45, 2.75) is 51.2 Å². The second kappa shape index (κ2) is 7.71. The summed E-state index contributed by atoms with van der Waals surface area (Å²) in [5.41, 5.74) is -0.814. The quantitative estimate of drug-likeness (QED) is 0.613. The summed E-state index contributed by atoms with van der Waals surface area (Å²) >= 11 is 0. The molecule has 5 nitrogen and oxygen atoms in total. The molecule has 0 radical (unpaired) electrons. The van der Waals surface area contributed by atoms with Gasteiger partial charge < -0.3 is 19.9 Å². The minimum atomic E-state index is -0.814. The van der Waals surface area contributed by atoms with Crippen molar-refractivity contribution in [2.75, 3.05) is 26.4 Å². The fraction of sp³-hybridized carbons (Fsp3) is 0.923. The number of carboxylic acids is 1. The van der Waals surface area contributed by atoms with E-state index in [1.54, 1.807) is 6.92 Å². The van der Waals surface area contributed by atoms with Gasteiger partial charge in [0.2, 0.25) is 0 Å². The van der Waals surface area contributed by atoms with Gasteiger partial charge in [-0.05, 0) is 39.2 Å². The van der Waals surface area contributed by atoms with Crippen LogP contribution in [0.2, 0.25) is 0 Å². The van der Waals surface area contributed by atoms with Gasteiger partial charge in [-0.15, -0.1) is 0 Å². The molecule has 2 atom stereocenters. The van der Waals surface area contributed by atoms with Crippen LogP contribution in [-0.4, -0.2) is 49.1 Å². The molecule has 5 heteroatoms. The fourth-order valence-electron chi connectivity index (χ4n) is 2.14. The summed E-state index contributed by atoms with van der Waals surface area (Å²) in [5.74, 6) is -0.783. The van der Waals surface area contributed by atoms with Crippen molar-refractivity contribution in [1.82, 2.24) is 5.32 Å². The van der Waals surface area contributed by atoms with Gasteiger partial charge in [0.25, 0.3) is 0 Å². The van der Waals surface area contributed by atoms with Crippen molar-refractivity contribution in [3.05, 3.63) is 0 Å². The van der Waals surface area contributed by atoms with Crippen LogP contribution in [0, 0.1) is 0 Å². The van der Waals surface area contributed by atoms with Crippen molar-refractivity contribution >= 4 is 5.97 Å². The summed E-state index contributed by atoms with van der Waals surface area (Å²) in [6.07, 6.45) is 3.59. The molecule has 0 bridgehead atoms. The minimum Gasteiger partial charge on any atom is -0.480 e. The highest BCUT2D eigenvalue weighted by Gasteiger charge is 2.31. The van der Waals surface area contributed by atoms with Crippen molar-refractivity contribution in [3.63, 3.8) is 0 Å². The van der Waals surface area contributed by atoms with E-state index in [0.717, 1.165) is 25.9 Å². The first-order chi connectivity index (χ1) is 8.58. The second-order valence-electron chi connectivity index (χ2n) is 4.98. The SMILES string of the molecule is CCNC(C)(CCCCOC1CCOC1)C(=O)O. The van der Waals surface area contributed by atoms with Crippen LogP contribution in [-0.2, 0) is 14.3 Å². The number of hydrogen-bond acceptors (Lipinski definition) is 4. The predicted molar refractivity (Wildman–Crippen MR) is 68.7 cm³/mol. The maximum atomic E-state index is 11.2. The monoisotopic (exact) mass is 259 g/mol. The maximum Gasteiger partial charge on any atom is 0.323 e. The van der Waals surface area contributed by atoms with Crippen LogP contribution in [0.15, 0.2) is 0 Å². The van der Waals surface area contributed by atoms with Gasteiger partial charge in [-0.1, -0.05) is 6.92 Å². The first-order valence-electron chi connectivity index (χ1n) is 6.76. The van der Waals surface area contributed by atoms with Gasteiger partial charge in [-0.25, -0.2) is 0 Å². The number of likely N-dealkylation sites (N-methyl/N-ethyl adjacent to an activating group) is 1. The van der Waals surface area contributed by atoms with Gasteiger partial charge in [0.15, 0.2) is 0 Å². The third-order valence-electron chi connectivity index (χ3n) is 3.35. The van der Waals surface area contributed by atoms with Crippen LogP contribution in [0.3, 0.4) is 0 Å². The normalized spacial score (nSPS) is 22.9. The van der Waals surface area contributed by atoms with E-state index >= 15 is 0 Å². The smallest absolute Gasteiger partial charge is 0.323 e.